The number of nitrogens with one attached hydrogen (secondary N) is 2. The summed E-state index contributed by atoms with van der Waals surface area (Å²) in [7, 11) is 0. The highest BCUT2D eigenvalue weighted by molar-refractivity contribution is 5.53. The number of aromatic nitrogens is 1. The van der Waals surface area contributed by atoms with Crippen molar-refractivity contribution in [3.8, 4) is 0 Å². The van der Waals surface area contributed by atoms with Crippen molar-refractivity contribution in [3.63, 3.8) is 0 Å². The number of rotatable bonds is 8. The van der Waals surface area contributed by atoms with E-state index in [-0.39, 0.29) is 0 Å². The summed E-state index contributed by atoms with van der Waals surface area (Å²) >= 11 is 0. The van der Waals surface area contributed by atoms with Crippen LogP contribution in [0.25, 0.3) is 0 Å². The Hall–Kier alpha value is -1.29. The number of hydrogen-bond donors (Lipinski definition) is 2. The van der Waals surface area contributed by atoms with Crippen LogP contribution in [0.5, 0.6) is 0 Å². The molecule has 0 aromatic carbocycles. The average molecular weight is 235 g/mol. The van der Waals surface area contributed by atoms with Gasteiger partial charge in [0.15, 0.2) is 0 Å². The molecule has 0 aliphatic heterocycles. The van der Waals surface area contributed by atoms with Crippen LogP contribution in [0.15, 0.2) is 18.5 Å². The van der Waals surface area contributed by atoms with E-state index in [1.165, 1.54) is 12.8 Å². The van der Waals surface area contributed by atoms with Crippen molar-refractivity contribution in [2.75, 3.05) is 36.9 Å². The van der Waals surface area contributed by atoms with E-state index in [0.29, 0.717) is 0 Å². The van der Waals surface area contributed by atoms with Crippen LogP contribution in [0.3, 0.4) is 0 Å². The van der Waals surface area contributed by atoms with Crippen LogP contribution in [0.4, 0.5) is 11.4 Å². The molecule has 1 saturated carbocycles. The fraction of sp³-hybridized carbons (Fsp3) is 0.615. The quantitative estimate of drug-likeness (QED) is 0.679. The maximum atomic E-state index is 5.56. The summed E-state index contributed by atoms with van der Waals surface area (Å²) in [6.45, 7) is 5.52. The van der Waals surface area contributed by atoms with E-state index < -0.39 is 0 Å². The first-order chi connectivity index (χ1) is 8.38. The number of hydrogen-bond acceptors (Lipinski definition) is 4. The molecule has 1 aromatic rings. The molecule has 0 saturated heterocycles. The van der Waals surface area contributed by atoms with Crippen molar-refractivity contribution < 1.29 is 4.74 Å². The summed E-state index contributed by atoms with van der Waals surface area (Å²) in [5, 5.41) is 6.55. The van der Waals surface area contributed by atoms with Crippen LogP contribution in [-0.4, -0.2) is 31.3 Å². The molecule has 0 atom stereocenters. The Labute approximate surface area is 103 Å². The monoisotopic (exact) mass is 235 g/mol. The molecule has 0 radical (unpaired) electrons. The third-order valence-corrected chi connectivity index (χ3v) is 2.75. The Kier molecular flexibility index (Phi) is 4.62. The van der Waals surface area contributed by atoms with Crippen molar-refractivity contribution in [1.82, 2.24) is 4.98 Å². The zero-order valence-electron chi connectivity index (χ0n) is 10.4. The molecular formula is C13H21N3O. The van der Waals surface area contributed by atoms with Crippen molar-refractivity contribution in [3.05, 3.63) is 18.5 Å². The minimum absolute atomic E-state index is 0.766. The maximum absolute atomic E-state index is 5.56. The van der Waals surface area contributed by atoms with E-state index >= 15 is 0 Å². The van der Waals surface area contributed by atoms with Gasteiger partial charge in [0.2, 0.25) is 0 Å². The molecule has 0 bridgehead atoms. The van der Waals surface area contributed by atoms with Gasteiger partial charge in [0, 0.05) is 19.7 Å². The average Bonchev–Trinajstić information content (AvgIpc) is 3.14. The fourth-order valence-electron chi connectivity index (χ4n) is 1.64. The molecule has 1 aromatic heterocycles. The van der Waals surface area contributed by atoms with E-state index in [0.717, 1.165) is 43.6 Å². The Morgan fingerprint density at radius 1 is 1.29 bits per heavy atom. The second kappa shape index (κ2) is 6.45. The van der Waals surface area contributed by atoms with Gasteiger partial charge in [-0.15, -0.1) is 0 Å². The second-order valence-electron chi connectivity index (χ2n) is 4.44. The lowest BCUT2D eigenvalue weighted by atomic mass is 10.3. The molecule has 4 nitrogen and oxygen atoms in total. The molecular weight excluding hydrogens is 214 g/mol. The van der Waals surface area contributed by atoms with E-state index in [2.05, 4.69) is 28.6 Å². The molecule has 94 valence electrons. The van der Waals surface area contributed by atoms with Crippen LogP contribution in [0.2, 0.25) is 0 Å². The molecule has 1 aliphatic carbocycles. The summed E-state index contributed by atoms with van der Waals surface area (Å²) in [5.74, 6) is 0.841. The summed E-state index contributed by atoms with van der Waals surface area (Å²) in [6, 6.07) is 2.07. The third kappa shape index (κ3) is 4.61. The summed E-state index contributed by atoms with van der Waals surface area (Å²) in [6.07, 6.45) is 6.37. The summed E-state index contributed by atoms with van der Waals surface area (Å²) < 4.78 is 5.56. The van der Waals surface area contributed by atoms with Gasteiger partial charge in [-0.25, -0.2) is 0 Å². The molecule has 2 N–H and O–H groups in total. The van der Waals surface area contributed by atoms with Gasteiger partial charge in [0.1, 0.15) is 0 Å². The summed E-state index contributed by atoms with van der Waals surface area (Å²) in [5.41, 5.74) is 2.09. The number of anilines is 2. The SMILES string of the molecule is CCNc1cncc(NCCOCC2CC2)c1. The predicted octanol–water partition coefficient (Wildman–Crippen LogP) is 2.35. The molecule has 17 heavy (non-hydrogen) atoms. The zero-order chi connectivity index (χ0) is 11.9. The van der Waals surface area contributed by atoms with Crippen molar-refractivity contribution in [1.29, 1.82) is 0 Å². The van der Waals surface area contributed by atoms with Crippen LogP contribution in [-0.2, 0) is 4.74 Å². The van der Waals surface area contributed by atoms with Gasteiger partial charge < -0.3 is 15.4 Å². The van der Waals surface area contributed by atoms with Gasteiger partial charge in [-0.2, -0.15) is 0 Å². The standard InChI is InChI=1S/C13H21N3O/c1-2-15-12-7-13(9-14-8-12)16-5-6-17-10-11-3-4-11/h7-9,11,15-16H,2-6,10H2,1H3. The molecule has 2 rings (SSSR count). The van der Waals surface area contributed by atoms with Crippen LogP contribution >= 0.6 is 0 Å². The normalized spacial score (nSPS) is 14.6. The smallest absolute Gasteiger partial charge is 0.0639 e. The Balaban J connectivity index is 1.64. The number of nitrogens with zero attached hydrogens (tertiary/aromatic N) is 1. The largest absolute Gasteiger partial charge is 0.384 e. The Bertz CT molecular complexity index is 339. The van der Waals surface area contributed by atoms with E-state index in [1.54, 1.807) is 0 Å². The first-order valence-corrected chi connectivity index (χ1v) is 6.39. The lowest BCUT2D eigenvalue weighted by Gasteiger charge is -2.08. The van der Waals surface area contributed by atoms with E-state index in [4.69, 9.17) is 4.74 Å². The molecule has 4 heteroatoms. The van der Waals surface area contributed by atoms with E-state index in [9.17, 15) is 0 Å². The fourth-order valence-corrected chi connectivity index (χ4v) is 1.64. The topological polar surface area (TPSA) is 46.2 Å². The first kappa shape index (κ1) is 12.2. The van der Waals surface area contributed by atoms with Crippen LogP contribution in [0.1, 0.15) is 19.8 Å². The highest BCUT2D eigenvalue weighted by atomic mass is 16.5. The van der Waals surface area contributed by atoms with Crippen molar-refractivity contribution in [2.45, 2.75) is 19.8 Å². The maximum Gasteiger partial charge on any atom is 0.0639 e. The van der Waals surface area contributed by atoms with Gasteiger partial charge in [0.25, 0.3) is 0 Å². The highest BCUT2D eigenvalue weighted by Crippen LogP contribution is 2.28. The van der Waals surface area contributed by atoms with Gasteiger partial charge in [-0.05, 0) is 31.7 Å². The van der Waals surface area contributed by atoms with Gasteiger partial charge >= 0.3 is 0 Å². The lowest BCUT2D eigenvalue weighted by molar-refractivity contribution is 0.134. The van der Waals surface area contributed by atoms with Gasteiger partial charge in [-0.3, -0.25) is 4.98 Å². The molecule has 0 spiro atoms. The Morgan fingerprint density at radius 2 is 2.06 bits per heavy atom. The highest BCUT2D eigenvalue weighted by Gasteiger charge is 2.20. The van der Waals surface area contributed by atoms with Crippen molar-refractivity contribution in [2.24, 2.45) is 5.92 Å². The Morgan fingerprint density at radius 3 is 2.76 bits per heavy atom. The molecule has 0 unspecified atom stereocenters. The summed E-state index contributed by atoms with van der Waals surface area (Å²) in [4.78, 5) is 4.17. The van der Waals surface area contributed by atoms with Crippen molar-refractivity contribution >= 4 is 11.4 Å². The van der Waals surface area contributed by atoms with Gasteiger partial charge in [0.05, 0.1) is 30.4 Å². The molecule has 0 amide bonds. The second-order valence-corrected chi connectivity index (χ2v) is 4.44. The zero-order valence-corrected chi connectivity index (χ0v) is 10.4. The molecule has 1 aliphatic rings. The minimum Gasteiger partial charge on any atom is -0.384 e. The third-order valence-electron chi connectivity index (χ3n) is 2.75. The van der Waals surface area contributed by atoms with Crippen LogP contribution in [0, 0.1) is 5.92 Å². The molecule has 1 heterocycles. The van der Waals surface area contributed by atoms with Crippen LogP contribution < -0.4 is 10.6 Å². The first-order valence-electron chi connectivity index (χ1n) is 6.39. The molecule has 1 fully saturated rings. The minimum atomic E-state index is 0.766. The van der Waals surface area contributed by atoms with Gasteiger partial charge in [-0.1, -0.05) is 0 Å². The predicted molar refractivity (Wildman–Crippen MR) is 70.4 cm³/mol. The number of ether oxygens (including phenoxy) is 1. The number of pyridine rings is 1. The lowest BCUT2D eigenvalue weighted by Crippen LogP contribution is -2.11. The van der Waals surface area contributed by atoms with E-state index in [1.807, 2.05) is 12.4 Å².